The van der Waals surface area contributed by atoms with Crippen molar-refractivity contribution < 1.29 is 19.1 Å². The van der Waals surface area contributed by atoms with E-state index in [1.807, 2.05) is 36.4 Å². The molecule has 0 aromatic heterocycles. The Kier molecular flexibility index (Phi) is 7.03. The van der Waals surface area contributed by atoms with E-state index in [0.717, 1.165) is 19.2 Å². The van der Waals surface area contributed by atoms with Crippen LogP contribution in [-0.4, -0.2) is 30.3 Å². The molecule has 4 rings (SSSR count). The average Bonchev–Trinajstić information content (AvgIpc) is 3.30. The van der Waals surface area contributed by atoms with E-state index in [0.29, 0.717) is 29.5 Å². The fraction of sp³-hybridized carbons (Fsp3) is 0.304. The van der Waals surface area contributed by atoms with Gasteiger partial charge in [-0.05, 0) is 71.8 Å². The molecule has 2 aromatic rings. The van der Waals surface area contributed by atoms with Gasteiger partial charge in [-0.15, -0.1) is 0 Å². The van der Waals surface area contributed by atoms with E-state index < -0.39 is 17.8 Å². The molecule has 0 spiro atoms. The van der Waals surface area contributed by atoms with Gasteiger partial charge in [-0.3, -0.25) is 9.59 Å². The minimum atomic E-state index is -0.598. The number of nitrogens with zero attached hydrogens (tertiary/aromatic N) is 2. The van der Waals surface area contributed by atoms with Gasteiger partial charge in [0, 0.05) is 21.8 Å². The van der Waals surface area contributed by atoms with Gasteiger partial charge >= 0.3 is 0 Å². The Hall–Kier alpha value is -2.47. The fourth-order valence-electron chi connectivity index (χ4n) is 4.18. The fourth-order valence-corrected chi connectivity index (χ4v) is 5.22. The van der Waals surface area contributed by atoms with Crippen LogP contribution in [0.2, 0.25) is 0 Å². The summed E-state index contributed by atoms with van der Waals surface area (Å²) in [5, 5.41) is 8.21. The minimum Gasteiger partial charge on any atom is -0.493 e. The highest BCUT2D eigenvalue weighted by Gasteiger charge is 2.46. The number of hydrogen-bond donors (Lipinski definition) is 2. The number of carbonyl (C=O) groups is 2. The van der Waals surface area contributed by atoms with Crippen LogP contribution in [-0.2, 0) is 16.2 Å². The van der Waals surface area contributed by atoms with Gasteiger partial charge in [0.1, 0.15) is 6.61 Å². The molecule has 8 nitrogen and oxygen atoms in total. The predicted molar refractivity (Wildman–Crippen MR) is 136 cm³/mol. The second-order valence-electron chi connectivity index (χ2n) is 7.89. The van der Waals surface area contributed by atoms with Crippen molar-refractivity contribution in [2.24, 2.45) is 22.0 Å². The molecule has 0 saturated heterocycles. The molecule has 2 N–H and O–H groups in total. The minimum absolute atomic E-state index is 0.241. The van der Waals surface area contributed by atoms with Crippen LogP contribution in [0.3, 0.4) is 0 Å². The third kappa shape index (κ3) is 4.77. The summed E-state index contributed by atoms with van der Waals surface area (Å²) < 4.78 is 13.6. The predicted octanol–water partition coefficient (Wildman–Crippen LogP) is 3.97. The van der Waals surface area contributed by atoms with Crippen LogP contribution >= 0.6 is 38.5 Å². The number of amides is 2. The Morgan fingerprint density at radius 2 is 1.61 bits per heavy atom. The molecular weight excluding hydrogens is 603 g/mol. The number of hydrazone groups is 2. The van der Waals surface area contributed by atoms with E-state index in [4.69, 9.17) is 9.47 Å². The van der Waals surface area contributed by atoms with E-state index in [1.165, 1.54) is 0 Å². The summed E-state index contributed by atoms with van der Waals surface area (Å²) in [7, 11) is 1.57. The lowest BCUT2D eigenvalue weighted by Gasteiger charge is -2.28. The molecule has 2 atom stereocenters. The summed E-state index contributed by atoms with van der Waals surface area (Å²) in [6.07, 6.45) is 0. The highest BCUT2D eigenvalue weighted by atomic mass is 127. The first-order valence-corrected chi connectivity index (χ1v) is 12.1. The van der Waals surface area contributed by atoms with E-state index in [-0.39, 0.29) is 11.8 Å². The lowest BCUT2D eigenvalue weighted by atomic mass is 9.73. The van der Waals surface area contributed by atoms with E-state index in [1.54, 1.807) is 21.0 Å². The van der Waals surface area contributed by atoms with Crippen molar-refractivity contribution in [1.29, 1.82) is 0 Å². The summed E-state index contributed by atoms with van der Waals surface area (Å²) in [5.41, 5.74) is 8.12. The normalized spacial score (nSPS) is 20.6. The molecule has 2 aliphatic rings. The molecule has 0 fully saturated rings. The van der Waals surface area contributed by atoms with Gasteiger partial charge in [0.15, 0.2) is 11.5 Å². The Bertz CT molecular complexity index is 1130. The first-order chi connectivity index (χ1) is 15.8. The van der Waals surface area contributed by atoms with Crippen LogP contribution < -0.4 is 20.3 Å². The van der Waals surface area contributed by atoms with Crippen LogP contribution in [0.1, 0.15) is 30.9 Å². The molecule has 2 heterocycles. The largest absolute Gasteiger partial charge is 0.493 e. The Balaban J connectivity index is 1.72. The van der Waals surface area contributed by atoms with Gasteiger partial charge < -0.3 is 9.47 Å². The summed E-state index contributed by atoms with van der Waals surface area (Å²) in [6.45, 7) is 3.94. The van der Waals surface area contributed by atoms with E-state index in [9.17, 15) is 9.59 Å². The number of carbonyl (C=O) groups excluding carboxylic acids is 2. The first-order valence-electron chi connectivity index (χ1n) is 10.2. The van der Waals surface area contributed by atoms with Crippen LogP contribution in [0, 0.1) is 15.4 Å². The quantitative estimate of drug-likeness (QED) is 0.455. The zero-order valence-electron chi connectivity index (χ0n) is 18.2. The highest BCUT2D eigenvalue weighted by molar-refractivity contribution is 14.1. The number of halogens is 2. The van der Waals surface area contributed by atoms with Crippen molar-refractivity contribution in [2.75, 3.05) is 7.11 Å². The van der Waals surface area contributed by atoms with Crippen molar-refractivity contribution in [3.05, 3.63) is 55.6 Å². The SMILES string of the molecule is COc1cc(C(C2C(=O)NN=C2C)C2C(=O)NN=C2C)cc(I)c1OCc1ccc(Br)cc1. The maximum Gasteiger partial charge on any atom is 0.249 e. The molecule has 0 aliphatic carbocycles. The average molecular weight is 625 g/mol. The molecule has 172 valence electrons. The van der Waals surface area contributed by atoms with Gasteiger partial charge in [0.05, 0.1) is 22.5 Å². The molecule has 0 radical (unpaired) electrons. The third-order valence-electron chi connectivity index (χ3n) is 5.80. The van der Waals surface area contributed by atoms with Gasteiger partial charge in [-0.2, -0.15) is 10.2 Å². The zero-order valence-corrected chi connectivity index (χ0v) is 21.9. The zero-order chi connectivity index (χ0) is 23.7. The molecule has 2 aromatic carbocycles. The molecule has 0 saturated carbocycles. The van der Waals surface area contributed by atoms with Crippen LogP contribution in [0.4, 0.5) is 0 Å². The number of ether oxygens (including phenoxy) is 2. The van der Waals surface area contributed by atoms with Crippen LogP contribution in [0.25, 0.3) is 0 Å². The van der Waals surface area contributed by atoms with Gasteiger partial charge in [-0.1, -0.05) is 28.1 Å². The summed E-state index contributed by atoms with van der Waals surface area (Å²) in [4.78, 5) is 25.4. The molecule has 2 aliphatic heterocycles. The van der Waals surface area contributed by atoms with Crippen molar-refractivity contribution in [3.63, 3.8) is 0 Å². The van der Waals surface area contributed by atoms with E-state index in [2.05, 4.69) is 59.6 Å². The monoisotopic (exact) mass is 624 g/mol. The lowest BCUT2D eigenvalue weighted by Crippen LogP contribution is -2.38. The summed E-state index contributed by atoms with van der Waals surface area (Å²) in [5.74, 6) is -1.04. The second-order valence-corrected chi connectivity index (χ2v) is 9.97. The Morgan fingerprint density at radius 3 is 2.09 bits per heavy atom. The Morgan fingerprint density at radius 1 is 1.03 bits per heavy atom. The molecule has 0 bridgehead atoms. The summed E-state index contributed by atoms with van der Waals surface area (Å²) >= 11 is 5.62. The molecule has 33 heavy (non-hydrogen) atoms. The molecular formula is C23H22BrIN4O4. The number of nitrogens with one attached hydrogen (secondary N) is 2. The lowest BCUT2D eigenvalue weighted by molar-refractivity contribution is -0.125. The number of methoxy groups -OCH3 is 1. The van der Waals surface area contributed by atoms with Crippen molar-refractivity contribution in [1.82, 2.24) is 10.9 Å². The maximum atomic E-state index is 12.7. The van der Waals surface area contributed by atoms with Gasteiger partial charge in [0.25, 0.3) is 0 Å². The van der Waals surface area contributed by atoms with Crippen molar-refractivity contribution >= 4 is 61.8 Å². The first kappa shape index (κ1) is 23.7. The number of hydrogen-bond acceptors (Lipinski definition) is 6. The highest BCUT2D eigenvalue weighted by Crippen LogP contribution is 2.43. The number of rotatable bonds is 7. The smallest absolute Gasteiger partial charge is 0.249 e. The number of benzene rings is 2. The Labute approximate surface area is 213 Å². The topological polar surface area (TPSA) is 101 Å². The summed E-state index contributed by atoms with van der Waals surface area (Å²) in [6, 6.07) is 11.7. The second kappa shape index (κ2) is 9.80. The van der Waals surface area contributed by atoms with Crippen LogP contribution in [0.15, 0.2) is 51.1 Å². The molecule has 2 amide bonds. The van der Waals surface area contributed by atoms with Gasteiger partial charge in [0.2, 0.25) is 11.8 Å². The van der Waals surface area contributed by atoms with Crippen molar-refractivity contribution in [3.8, 4) is 11.5 Å². The van der Waals surface area contributed by atoms with E-state index >= 15 is 0 Å². The van der Waals surface area contributed by atoms with Crippen LogP contribution in [0.5, 0.6) is 11.5 Å². The molecule has 10 heteroatoms. The standard InChI is InChI=1S/C23H22BrIN4O4/c1-11-18(22(30)28-26-11)20(19-12(2)27-29-23(19)31)14-8-16(25)21(17(9-14)32-3)33-10-13-4-6-15(24)7-5-13/h4-9,18-20H,10H2,1-3H3,(H,28,30)(H,29,31). The molecule has 2 unspecified atom stereocenters. The van der Waals surface area contributed by atoms with Crippen molar-refractivity contribution in [2.45, 2.75) is 26.4 Å². The maximum absolute atomic E-state index is 12.7. The van der Waals surface area contributed by atoms with Gasteiger partial charge in [-0.25, -0.2) is 10.9 Å². The third-order valence-corrected chi connectivity index (χ3v) is 7.13.